The maximum atomic E-state index is 12.8. The lowest BCUT2D eigenvalue weighted by Crippen LogP contribution is -2.34. The molecule has 0 fully saturated rings. The standard InChI is InChI=1S/C21H25N3O4/c1-11-19(25)23-15-10-13(6-8-17(15)27-11)22-20(26)18-14-9-12(21(2,3)4)5-7-16(14)28-24-18/h6,8,10-12H,5,7,9H2,1-4H3,(H,22,26)(H,23,25)/t11-,12-/m1/s1. The average molecular weight is 383 g/mol. The molecule has 1 aliphatic heterocycles. The molecule has 4 rings (SSSR count). The first kappa shape index (κ1) is 18.5. The Kier molecular flexibility index (Phi) is 4.40. The Hall–Kier alpha value is -2.83. The monoisotopic (exact) mass is 383 g/mol. The van der Waals surface area contributed by atoms with Crippen molar-refractivity contribution in [2.24, 2.45) is 11.3 Å². The molecule has 2 atom stereocenters. The zero-order valence-corrected chi connectivity index (χ0v) is 16.6. The summed E-state index contributed by atoms with van der Waals surface area (Å²) in [5, 5.41) is 9.68. The first-order valence-corrected chi connectivity index (χ1v) is 9.62. The van der Waals surface area contributed by atoms with Gasteiger partial charge in [0.05, 0.1) is 5.69 Å². The largest absolute Gasteiger partial charge is 0.479 e. The van der Waals surface area contributed by atoms with Gasteiger partial charge in [0.25, 0.3) is 11.8 Å². The molecule has 7 heteroatoms. The fraction of sp³-hybridized carbons (Fsp3) is 0.476. The fourth-order valence-corrected chi connectivity index (χ4v) is 3.80. The van der Waals surface area contributed by atoms with Crippen LogP contribution in [0.5, 0.6) is 5.75 Å². The van der Waals surface area contributed by atoms with Crippen LogP contribution < -0.4 is 15.4 Å². The molecule has 0 saturated carbocycles. The Bertz CT molecular complexity index is 942. The van der Waals surface area contributed by atoms with Gasteiger partial charge in [0, 0.05) is 17.7 Å². The summed E-state index contributed by atoms with van der Waals surface area (Å²) in [7, 11) is 0. The third-order valence-corrected chi connectivity index (χ3v) is 5.65. The summed E-state index contributed by atoms with van der Waals surface area (Å²) in [5.41, 5.74) is 2.51. The molecule has 0 spiro atoms. The van der Waals surface area contributed by atoms with Crippen LogP contribution in [-0.2, 0) is 17.6 Å². The van der Waals surface area contributed by atoms with Gasteiger partial charge in [-0.05, 0) is 49.3 Å². The van der Waals surface area contributed by atoms with Gasteiger partial charge in [-0.2, -0.15) is 0 Å². The smallest absolute Gasteiger partial charge is 0.278 e. The van der Waals surface area contributed by atoms with E-state index in [9.17, 15) is 9.59 Å². The van der Waals surface area contributed by atoms with Gasteiger partial charge in [-0.1, -0.05) is 25.9 Å². The van der Waals surface area contributed by atoms with E-state index in [0.29, 0.717) is 28.7 Å². The normalized spacial score (nSPS) is 21.2. The summed E-state index contributed by atoms with van der Waals surface area (Å²) in [6, 6.07) is 5.15. The van der Waals surface area contributed by atoms with Crippen molar-refractivity contribution in [3.63, 3.8) is 0 Å². The van der Waals surface area contributed by atoms with E-state index < -0.39 is 6.10 Å². The van der Waals surface area contributed by atoms with E-state index in [1.54, 1.807) is 25.1 Å². The van der Waals surface area contributed by atoms with Gasteiger partial charge in [0.1, 0.15) is 11.5 Å². The van der Waals surface area contributed by atoms with E-state index in [1.165, 1.54) is 0 Å². The first-order chi connectivity index (χ1) is 13.2. The zero-order valence-electron chi connectivity index (χ0n) is 16.6. The summed E-state index contributed by atoms with van der Waals surface area (Å²) in [6.45, 7) is 8.35. The molecule has 2 aromatic rings. The summed E-state index contributed by atoms with van der Waals surface area (Å²) in [4.78, 5) is 24.6. The number of fused-ring (bicyclic) bond motifs is 2. The molecule has 1 aliphatic carbocycles. The molecule has 2 amide bonds. The van der Waals surface area contributed by atoms with Crippen LogP contribution in [0.2, 0.25) is 0 Å². The van der Waals surface area contributed by atoms with Gasteiger partial charge in [-0.3, -0.25) is 9.59 Å². The van der Waals surface area contributed by atoms with Crippen molar-refractivity contribution in [2.45, 2.75) is 53.1 Å². The Morgan fingerprint density at radius 2 is 2.11 bits per heavy atom. The number of ether oxygens (including phenoxy) is 1. The highest BCUT2D eigenvalue weighted by atomic mass is 16.5. The highest BCUT2D eigenvalue weighted by Gasteiger charge is 2.34. The van der Waals surface area contributed by atoms with Crippen molar-refractivity contribution >= 4 is 23.2 Å². The Balaban J connectivity index is 1.54. The van der Waals surface area contributed by atoms with E-state index >= 15 is 0 Å². The van der Waals surface area contributed by atoms with Crippen LogP contribution in [0.1, 0.15) is 55.9 Å². The van der Waals surface area contributed by atoms with Crippen LogP contribution in [0.4, 0.5) is 11.4 Å². The van der Waals surface area contributed by atoms with Crippen molar-refractivity contribution in [1.82, 2.24) is 5.16 Å². The van der Waals surface area contributed by atoms with Crippen LogP contribution in [0.25, 0.3) is 0 Å². The van der Waals surface area contributed by atoms with E-state index in [2.05, 4.69) is 36.6 Å². The summed E-state index contributed by atoms with van der Waals surface area (Å²) in [6.07, 6.45) is 2.09. The van der Waals surface area contributed by atoms with Gasteiger partial charge in [-0.25, -0.2) is 0 Å². The molecule has 0 radical (unpaired) electrons. The molecule has 7 nitrogen and oxygen atoms in total. The maximum absolute atomic E-state index is 12.8. The highest BCUT2D eigenvalue weighted by molar-refractivity contribution is 6.05. The molecule has 0 saturated heterocycles. The minimum absolute atomic E-state index is 0.163. The van der Waals surface area contributed by atoms with Gasteiger partial charge in [0.15, 0.2) is 11.8 Å². The number of nitrogens with zero attached hydrogens (tertiary/aromatic N) is 1. The molecule has 148 valence electrons. The van der Waals surface area contributed by atoms with Crippen molar-refractivity contribution in [1.29, 1.82) is 0 Å². The molecular formula is C21H25N3O4. The van der Waals surface area contributed by atoms with Gasteiger partial charge < -0.3 is 19.9 Å². The molecular weight excluding hydrogens is 358 g/mol. The van der Waals surface area contributed by atoms with Crippen molar-refractivity contribution < 1.29 is 18.8 Å². The lowest BCUT2D eigenvalue weighted by Gasteiger charge is -2.33. The number of benzene rings is 1. The molecule has 0 bridgehead atoms. The number of hydrogen-bond acceptors (Lipinski definition) is 5. The molecule has 28 heavy (non-hydrogen) atoms. The number of aromatic nitrogens is 1. The van der Waals surface area contributed by atoms with Gasteiger partial charge in [0.2, 0.25) is 0 Å². The number of hydrogen-bond donors (Lipinski definition) is 2. The number of amides is 2. The fourth-order valence-electron chi connectivity index (χ4n) is 3.80. The number of aryl methyl sites for hydroxylation is 1. The lowest BCUT2D eigenvalue weighted by molar-refractivity contribution is -0.122. The molecule has 0 unspecified atom stereocenters. The number of rotatable bonds is 2. The van der Waals surface area contributed by atoms with Crippen LogP contribution in [0.15, 0.2) is 22.7 Å². The Morgan fingerprint density at radius 3 is 2.86 bits per heavy atom. The van der Waals surface area contributed by atoms with Crippen molar-refractivity contribution in [3.8, 4) is 5.75 Å². The minimum Gasteiger partial charge on any atom is -0.479 e. The molecule has 2 aliphatic rings. The quantitative estimate of drug-likeness (QED) is 0.823. The van der Waals surface area contributed by atoms with E-state index in [0.717, 1.165) is 30.6 Å². The Morgan fingerprint density at radius 1 is 1.32 bits per heavy atom. The molecule has 1 aromatic carbocycles. The second kappa shape index (κ2) is 6.65. The summed E-state index contributed by atoms with van der Waals surface area (Å²) >= 11 is 0. The lowest BCUT2D eigenvalue weighted by atomic mass is 9.71. The summed E-state index contributed by atoms with van der Waals surface area (Å²) in [5.74, 6) is 1.34. The number of carbonyl (C=O) groups excluding carboxylic acids is 2. The van der Waals surface area contributed by atoms with Gasteiger partial charge in [-0.15, -0.1) is 0 Å². The molecule has 2 N–H and O–H groups in total. The number of carbonyl (C=O) groups is 2. The molecule has 1 aromatic heterocycles. The number of anilines is 2. The predicted molar refractivity (Wildman–Crippen MR) is 105 cm³/mol. The van der Waals surface area contributed by atoms with Crippen molar-refractivity contribution in [3.05, 3.63) is 35.2 Å². The molecule has 2 heterocycles. The zero-order chi connectivity index (χ0) is 20.1. The second-order valence-electron chi connectivity index (χ2n) is 8.65. The van der Waals surface area contributed by atoms with E-state index in [-0.39, 0.29) is 17.2 Å². The van der Waals surface area contributed by atoms with Crippen molar-refractivity contribution in [2.75, 3.05) is 10.6 Å². The van der Waals surface area contributed by atoms with E-state index in [1.807, 2.05) is 0 Å². The Labute approximate surface area is 163 Å². The third kappa shape index (κ3) is 3.37. The first-order valence-electron chi connectivity index (χ1n) is 9.62. The SMILES string of the molecule is C[C@H]1Oc2ccc(NC(=O)c3noc4c3C[C@H](C(C)(C)C)CC4)cc2NC1=O. The van der Waals surface area contributed by atoms with Crippen LogP contribution in [0.3, 0.4) is 0 Å². The second-order valence-corrected chi connectivity index (χ2v) is 8.65. The highest BCUT2D eigenvalue weighted by Crippen LogP contribution is 2.38. The van der Waals surface area contributed by atoms with Gasteiger partial charge >= 0.3 is 0 Å². The van der Waals surface area contributed by atoms with E-state index in [4.69, 9.17) is 9.26 Å². The topological polar surface area (TPSA) is 93.5 Å². The van der Waals surface area contributed by atoms with Crippen LogP contribution >= 0.6 is 0 Å². The minimum atomic E-state index is -0.537. The number of nitrogens with one attached hydrogen (secondary N) is 2. The maximum Gasteiger partial charge on any atom is 0.278 e. The third-order valence-electron chi connectivity index (χ3n) is 5.65. The van der Waals surface area contributed by atoms with Crippen LogP contribution in [-0.4, -0.2) is 23.1 Å². The average Bonchev–Trinajstić information content (AvgIpc) is 3.05. The summed E-state index contributed by atoms with van der Waals surface area (Å²) < 4.78 is 11.0. The van der Waals surface area contributed by atoms with Crippen LogP contribution in [0, 0.1) is 11.3 Å². The predicted octanol–water partition coefficient (Wildman–Crippen LogP) is 3.80.